The third-order valence-corrected chi connectivity index (χ3v) is 11.8. The van der Waals surface area contributed by atoms with E-state index < -0.39 is 0 Å². The summed E-state index contributed by atoms with van der Waals surface area (Å²) in [5, 5.41) is 2.46. The molecule has 10 rings (SSSR count). The van der Waals surface area contributed by atoms with E-state index in [9.17, 15) is 0 Å². The van der Waals surface area contributed by atoms with Crippen molar-refractivity contribution in [1.82, 2.24) is 19.1 Å². The summed E-state index contributed by atoms with van der Waals surface area (Å²) < 4.78 is 4.75. The topological polar surface area (TPSA) is 38.9 Å². The second-order valence-corrected chi connectivity index (χ2v) is 16.3. The fraction of sp³-hybridized carbons (Fsp3) is 0.161. The van der Waals surface area contributed by atoms with Gasteiger partial charge in [-0.05, 0) is 105 Å². The highest BCUT2D eigenvalue weighted by Crippen LogP contribution is 2.41. The number of hydrogen-bond donors (Lipinski definition) is 0. The second-order valence-electron chi connectivity index (χ2n) is 16.3. The smallest absolute Gasteiger partial charge is 0.160 e. The molecule has 5 nitrogen and oxygen atoms in total. The van der Waals surface area contributed by atoms with Gasteiger partial charge < -0.3 is 14.0 Å². The predicted molar refractivity (Wildman–Crippen MR) is 290 cm³/mol. The molecule has 2 aliphatic rings. The maximum absolute atomic E-state index is 5.09. The van der Waals surface area contributed by atoms with Gasteiger partial charge in [0.25, 0.3) is 0 Å². The largest absolute Gasteiger partial charge is 0.348 e. The Kier molecular flexibility index (Phi) is 16.2. The van der Waals surface area contributed by atoms with Crippen molar-refractivity contribution in [3.63, 3.8) is 0 Å². The number of para-hydroxylation sites is 2. The van der Waals surface area contributed by atoms with Gasteiger partial charge in [0, 0.05) is 63.5 Å². The molecular formula is C62H63N5. The van der Waals surface area contributed by atoms with Gasteiger partial charge in [0.15, 0.2) is 5.82 Å². The van der Waals surface area contributed by atoms with E-state index in [1.165, 1.54) is 39.0 Å². The molecule has 0 saturated heterocycles. The van der Waals surface area contributed by atoms with Crippen LogP contribution in [0.2, 0.25) is 0 Å². The van der Waals surface area contributed by atoms with Crippen LogP contribution < -0.4 is 4.90 Å². The maximum Gasteiger partial charge on any atom is 0.160 e. The fourth-order valence-electron chi connectivity index (χ4n) is 8.54. The van der Waals surface area contributed by atoms with Gasteiger partial charge in [-0.25, -0.2) is 9.97 Å². The molecule has 1 aliphatic heterocycles. The summed E-state index contributed by atoms with van der Waals surface area (Å²) in [5.74, 6) is 1.34. The van der Waals surface area contributed by atoms with Crippen LogP contribution >= 0.6 is 0 Å². The number of nitrogens with zero attached hydrogens (tertiary/aromatic N) is 5. The van der Waals surface area contributed by atoms with E-state index >= 15 is 0 Å². The van der Waals surface area contributed by atoms with Crippen LogP contribution in [0.5, 0.6) is 0 Å². The van der Waals surface area contributed by atoms with Crippen molar-refractivity contribution in [2.24, 2.45) is 5.92 Å². The molecule has 0 amide bonds. The Balaban J connectivity index is 0.000000311. The molecule has 0 radical (unpaired) electrons. The van der Waals surface area contributed by atoms with Gasteiger partial charge >= 0.3 is 0 Å². The van der Waals surface area contributed by atoms with Gasteiger partial charge in [-0.3, -0.25) is 0 Å². The van der Waals surface area contributed by atoms with Crippen molar-refractivity contribution >= 4 is 38.8 Å². The molecule has 67 heavy (non-hydrogen) atoms. The first-order valence-electron chi connectivity index (χ1n) is 23.6. The molecule has 1 atom stereocenters. The summed E-state index contributed by atoms with van der Waals surface area (Å²) in [7, 11) is 0. The molecule has 5 aromatic carbocycles. The molecule has 5 heteroatoms. The van der Waals surface area contributed by atoms with Gasteiger partial charge in [-0.1, -0.05) is 174 Å². The lowest BCUT2D eigenvalue weighted by Gasteiger charge is -2.17. The van der Waals surface area contributed by atoms with Crippen LogP contribution in [0.15, 0.2) is 220 Å². The van der Waals surface area contributed by atoms with Gasteiger partial charge in [-0.15, -0.1) is 0 Å². The molecule has 1 aliphatic carbocycles. The summed E-state index contributed by atoms with van der Waals surface area (Å²) >= 11 is 0. The normalized spacial score (nSPS) is 14.2. The van der Waals surface area contributed by atoms with Crippen LogP contribution in [0.1, 0.15) is 58.7 Å². The number of aromatic nitrogens is 4. The fourth-order valence-corrected chi connectivity index (χ4v) is 8.54. The number of aryl methyl sites for hydroxylation is 1. The Morgan fingerprint density at radius 3 is 2.10 bits per heavy atom. The number of hydrogen-bond acceptors (Lipinski definition) is 3. The second kappa shape index (κ2) is 22.9. The first-order chi connectivity index (χ1) is 32.9. The Labute approximate surface area is 398 Å². The number of allylic oxidation sites excluding steroid dienone is 10. The van der Waals surface area contributed by atoms with Crippen molar-refractivity contribution in [3.8, 4) is 39.6 Å². The molecule has 3 aromatic heterocycles. The van der Waals surface area contributed by atoms with E-state index in [2.05, 4.69) is 187 Å². The summed E-state index contributed by atoms with van der Waals surface area (Å²) in [6.07, 6.45) is 24.9. The van der Waals surface area contributed by atoms with E-state index in [0.717, 1.165) is 64.2 Å². The van der Waals surface area contributed by atoms with Crippen LogP contribution in [-0.2, 0) is 0 Å². The lowest BCUT2D eigenvalue weighted by atomic mass is 10.0. The summed E-state index contributed by atoms with van der Waals surface area (Å²) in [6, 6.07) is 48.9. The zero-order valence-electron chi connectivity index (χ0n) is 40.0. The van der Waals surface area contributed by atoms with Gasteiger partial charge in [0.05, 0.1) is 28.1 Å². The number of rotatable bonds is 9. The highest BCUT2D eigenvalue weighted by molar-refractivity contribution is 6.16. The van der Waals surface area contributed by atoms with Crippen LogP contribution in [-0.4, -0.2) is 25.6 Å². The SMILES string of the molecule is C/C=C\C.C=C/C=C(\C=C)c1cc(-c2ccccc2)nc(-c2cccc(-n3c4ccccc4c4c(-c5c(C)ccn5C5=CC=CCC5)cccc43)c2)n1.CC.CC1C=CN(c2ccccc2)C1. The van der Waals surface area contributed by atoms with Crippen LogP contribution in [0.25, 0.3) is 72.7 Å². The highest BCUT2D eigenvalue weighted by Gasteiger charge is 2.21. The number of anilines is 1. The molecule has 8 aromatic rings. The average Bonchev–Trinajstić information content (AvgIpc) is 4.12. The molecule has 0 spiro atoms. The number of fused-ring (bicyclic) bond motifs is 3. The van der Waals surface area contributed by atoms with Crippen molar-refractivity contribution in [2.45, 2.75) is 54.4 Å². The lowest BCUT2D eigenvalue weighted by Crippen LogP contribution is -2.15. The third-order valence-electron chi connectivity index (χ3n) is 11.8. The van der Waals surface area contributed by atoms with Crippen molar-refractivity contribution in [2.75, 3.05) is 11.4 Å². The molecular weight excluding hydrogens is 815 g/mol. The van der Waals surface area contributed by atoms with Crippen molar-refractivity contribution in [1.29, 1.82) is 0 Å². The van der Waals surface area contributed by atoms with Gasteiger partial charge in [0.1, 0.15) is 0 Å². The van der Waals surface area contributed by atoms with E-state index in [4.69, 9.17) is 9.97 Å². The first kappa shape index (κ1) is 47.2. The Bertz CT molecular complexity index is 3090. The number of benzene rings is 5. The van der Waals surface area contributed by atoms with E-state index in [1.54, 1.807) is 6.08 Å². The monoisotopic (exact) mass is 878 g/mol. The molecule has 0 saturated carbocycles. The Hall–Kier alpha value is -7.76. The van der Waals surface area contributed by atoms with E-state index in [-0.39, 0.29) is 0 Å². The van der Waals surface area contributed by atoms with E-state index in [0.29, 0.717) is 11.7 Å². The molecule has 4 heterocycles. The highest BCUT2D eigenvalue weighted by atomic mass is 15.1. The molecule has 336 valence electrons. The first-order valence-corrected chi connectivity index (χ1v) is 23.6. The quantitative estimate of drug-likeness (QED) is 0.107. The summed E-state index contributed by atoms with van der Waals surface area (Å²) in [6.45, 7) is 21.5. The third kappa shape index (κ3) is 10.7. The standard InChI is InChI=1S/C45H36N4.C11H13N.C4H8.C2H6/c1-4-16-32(5-2)39-30-40(33-17-8-6-9-18-33)47-45(46-39)34-19-14-22-36(29-34)49-41-25-13-12-23-37(41)43-38(24-15-26-42(43)49)44-31(3)27-28-48(44)35-20-10-7-11-21-35;1-10-7-8-12(9-10)11-5-3-2-4-6-11;1-3-4-2;1-2/h4-10,12-20,22-30H,1-2,11,21H2,3H3;2-8,10H,9H2,1H3;3-4H,1-2H3;1-2H3/b32-16+;;4-3-;. The Morgan fingerprint density at radius 1 is 0.731 bits per heavy atom. The van der Waals surface area contributed by atoms with Crippen LogP contribution in [0.4, 0.5) is 5.69 Å². The minimum absolute atomic E-state index is 0.653. The predicted octanol–water partition coefficient (Wildman–Crippen LogP) is 16.9. The molecule has 0 fully saturated rings. The van der Waals surface area contributed by atoms with Crippen LogP contribution in [0, 0.1) is 12.8 Å². The van der Waals surface area contributed by atoms with E-state index in [1.807, 2.05) is 82.3 Å². The average molecular weight is 878 g/mol. The lowest BCUT2D eigenvalue weighted by molar-refractivity contribution is 0.764. The summed E-state index contributed by atoms with van der Waals surface area (Å²) in [5.41, 5.74) is 14.2. The molecule has 0 N–H and O–H groups in total. The molecule has 1 unspecified atom stereocenters. The minimum atomic E-state index is 0.653. The zero-order valence-corrected chi connectivity index (χ0v) is 40.0. The molecule has 0 bridgehead atoms. The van der Waals surface area contributed by atoms with Gasteiger partial charge in [0.2, 0.25) is 0 Å². The maximum atomic E-state index is 5.09. The minimum Gasteiger partial charge on any atom is -0.348 e. The van der Waals surface area contributed by atoms with Crippen LogP contribution in [0.3, 0.4) is 0 Å². The van der Waals surface area contributed by atoms with Crippen molar-refractivity contribution in [3.05, 3.63) is 231 Å². The van der Waals surface area contributed by atoms with Crippen molar-refractivity contribution < 1.29 is 0 Å². The summed E-state index contributed by atoms with van der Waals surface area (Å²) in [4.78, 5) is 12.4. The Morgan fingerprint density at radius 2 is 1.42 bits per heavy atom. The van der Waals surface area contributed by atoms with Gasteiger partial charge in [-0.2, -0.15) is 0 Å². The zero-order chi connectivity index (χ0) is 47.1.